The number of ether oxygens (including phenoxy) is 1. The molecule has 0 amide bonds. The molecule has 3 nitrogen and oxygen atoms in total. The zero-order valence-corrected chi connectivity index (χ0v) is 9.21. The van der Waals surface area contributed by atoms with Gasteiger partial charge in [-0.2, -0.15) is 4.98 Å². The Hall–Kier alpha value is -1.88. The van der Waals surface area contributed by atoms with Gasteiger partial charge in [0.05, 0.1) is 0 Å². The lowest BCUT2D eigenvalue weighted by Crippen LogP contribution is -2.00. The van der Waals surface area contributed by atoms with E-state index in [1.807, 2.05) is 0 Å². The van der Waals surface area contributed by atoms with E-state index in [2.05, 4.69) is 4.98 Å². The fraction of sp³-hybridized carbons (Fsp3) is 0. The number of nitrogens with two attached hydrogens (primary N) is 1. The molecule has 1 aromatic carbocycles. The Morgan fingerprint density at radius 1 is 1.18 bits per heavy atom. The Balaban J connectivity index is 2.33. The number of nitrogen functional groups attached to an aromatic ring is 1. The van der Waals surface area contributed by atoms with Crippen molar-refractivity contribution in [3.63, 3.8) is 0 Å². The summed E-state index contributed by atoms with van der Waals surface area (Å²) in [4.78, 5) is 3.46. The van der Waals surface area contributed by atoms with Crippen molar-refractivity contribution in [1.82, 2.24) is 4.98 Å². The number of hydrogen-bond donors (Lipinski definition) is 1. The molecule has 0 spiro atoms. The maximum atomic E-state index is 13.3. The van der Waals surface area contributed by atoms with Gasteiger partial charge in [0.25, 0.3) is 5.88 Å². The summed E-state index contributed by atoms with van der Waals surface area (Å²) >= 11 is 5.73. The van der Waals surface area contributed by atoms with E-state index in [0.717, 1.165) is 0 Å². The standard InChI is InChI=1S/C11H7ClF2N2O/c12-6-2-1-3-7(4-6)17-11-9(14)5-8(13)10(15)16-11/h1-5H,(H2,15,16). The molecule has 1 aromatic heterocycles. The van der Waals surface area contributed by atoms with Gasteiger partial charge in [-0.15, -0.1) is 0 Å². The Morgan fingerprint density at radius 2 is 1.94 bits per heavy atom. The fourth-order valence-electron chi connectivity index (χ4n) is 1.18. The van der Waals surface area contributed by atoms with Crippen LogP contribution in [0, 0.1) is 11.6 Å². The molecule has 6 heteroatoms. The van der Waals surface area contributed by atoms with Crippen molar-refractivity contribution in [2.24, 2.45) is 0 Å². The molecule has 0 radical (unpaired) electrons. The third-order valence-electron chi connectivity index (χ3n) is 1.94. The number of benzene rings is 1. The van der Waals surface area contributed by atoms with Crippen molar-refractivity contribution in [2.75, 3.05) is 5.73 Å². The SMILES string of the molecule is Nc1nc(Oc2cccc(Cl)c2)c(F)cc1F. The quantitative estimate of drug-likeness (QED) is 0.896. The van der Waals surface area contributed by atoms with Crippen LogP contribution in [-0.4, -0.2) is 4.98 Å². The fourth-order valence-corrected chi connectivity index (χ4v) is 1.36. The molecule has 0 aliphatic carbocycles. The number of pyridine rings is 1. The Labute approximate surface area is 101 Å². The molecule has 2 N–H and O–H groups in total. The second kappa shape index (κ2) is 4.55. The van der Waals surface area contributed by atoms with Crippen LogP contribution in [0.15, 0.2) is 30.3 Å². The maximum absolute atomic E-state index is 13.3. The zero-order chi connectivity index (χ0) is 12.4. The van der Waals surface area contributed by atoms with Gasteiger partial charge in [-0.05, 0) is 18.2 Å². The number of hydrogen-bond acceptors (Lipinski definition) is 3. The molecule has 17 heavy (non-hydrogen) atoms. The molecule has 88 valence electrons. The first-order chi connectivity index (χ1) is 8.06. The summed E-state index contributed by atoms with van der Waals surface area (Å²) in [6.07, 6.45) is 0. The molecular formula is C11H7ClF2N2O. The third kappa shape index (κ3) is 2.62. The predicted molar refractivity (Wildman–Crippen MR) is 60.1 cm³/mol. The molecule has 1 heterocycles. The first-order valence-corrected chi connectivity index (χ1v) is 4.99. The van der Waals surface area contributed by atoms with Crippen molar-refractivity contribution in [2.45, 2.75) is 0 Å². The van der Waals surface area contributed by atoms with Crippen LogP contribution in [0.4, 0.5) is 14.6 Å². The molecule has 0 fully saturated rings. The molecule has 0 bridgehead atoms. The van der Waals surface area contributed by atoms with E-state index in [0.29, 0.717) is 11.1 Å². The smallest absolute Gasteiger partial charge is 0.258 e. The number of halogens is 3. The Bertz CT molecular complexity index is 563. The summed E-state index contributed by atoms with van der Waals surface area (Å²) in [7, 11) is 0. The summed E-state index contributed by atoms with van der Waals surface area (Å²) in [6.45, 7) is 0. The van der Waals surface area contributed by atoms with Gasteiger partial charge in [-0.1, -0.05) is 17.7 Å². The summed E-state index contributed by atoms with van der Waals surface area (Å²) < 4.78 is 31.3. The van der Waals surface area contributed by atoms with Crippen LogP contribution >= 0.6 is 11.6 Å². The highest BCUT2D eigenvalue weighted by Crippen LogP contribution is 2.26. The molecule has 0 unspecified atom stereocenters. The second-order valence-corrected chi connectivity index (χ2v) is 3.64. The third-order valence-corrected chi connectivity index (χ3v) is 2.17. The minimum atomic E-state index is -0.934. The molecule has 0 aliphatic rings. The molecule has 0 aliphatic heterocycles. The number of rotatable bonds is 2. The molecule has 0 atom stereocenters. The number of nitrogens with zero attached hydrogens (tertiary/aromatic N) is 1. The van der Waals surface area contributed by atoms with Crippen molar-refractivity contribution in [3.8, 4) is 11.6 Å². The first-order valence-electron chi connectivity index (χ1n) is 4.61. The van der Waals surface area contributed by atoms with Crippen molar-refractivity contribution >= 4 is 17.4 Å². The van der Waals surface area contributed by atoms with Crippen molar-refractivity contribution in [1.29, 1.82) is 0 Å². The maximum Gasteiger partial charge on any atom is 0.258 e. The highest BCUT2D eigenvalue weighted by molar-refractivity contribution is 6.30. The molecule has 0 saturated carbocycles. The van der Waals surface area contributed by atoms with Gasteiger partial charge in [0, 0.05) is 11.1 Å². The van der Waals surface area contributed by atoms with Crippen LogP contribution in [0.3, 0.4) is 0 Å². The van der Waals surface area contributed by atoms with Gasteiger partial charge in [0.1, 0.15) is 5.75 Å². The van der Waals surface area contributed by atoms with E-state index in [1.165, 1.54) is 6.07 Å². The van der Waals surface area contributed by atoms with E-state index in [4.69, 9.17) is 22.1 Å². The highest BCUT2D eigenvalue weighted by Gasteiger charge is 2.11. The van der Waals surface area contributed by atoms with Crippen LogP contribution < -0.4 is 10.5 Å². The molecule has 0 saturated heterocycles. The van der Waals surface area contributed by atoms with E-state index in [1.54, 1.807) is 18.2 Å². The minimum absolute atomic E-state index is 0.287. The summed E-state index contributed by atoms with van der Waals surface area (Å²) in [5, 5.41) is 0.429. The van der Waals surface area contributed by atoms with Gasteiger partial charge in [0.2, 0.25) is 0 Å². The van der Waals surface area contributed by atoms with E-state index in [-0.39, 0.29) is 5.75 Å². The average Bonchev–Trinajstić information content (AvgIpc) is 2.26. The van der Waals surface area contributed by atoms with Crippen molar-refractivity contribution in [3.05, 3.63) is 47.0 Å². The second-order valence-electron chi connectivity index (χ2n) is 3.20. The highest BCUT2D eigenvalue weighted by atomic mass is 35.5. The van der Waals surface area contributed by atoms with Crippen LogP contribution in [0.2, 0.25) is 5.02 Å². The molecule has 2 aromatic rings. The van der Waals surface area contributed by atoms with Gasteiger partial charge >= 0.3 is 0 Å². The lowest BCUT2D eigenvalue weighted by atomic mass is 10.3. The van der Waals surface area contributed by atoms with Gasteiger partial charge in [0.15, 0.2) is 17.5 Å². The first kappa shape index (κ1) is 11.6. The normalized spacial score (nSPS) is 10.3. The van der Waals surface area contributed by atoms with E-state index in [9.17, 15) is 8.78 Å². The summed E-state index contributed by atoms with van der Waals surface area (Å²) in [5.74, 6) is -2.40. The number of anilines is 1. The number of aromatic nitrogens is 1. The summed E-state index contributed by atoms with van der Waals surface area (Å²) in [6, 6.07) is 6.91. The topological polar surface area (TPSA) is 48.1 Å². The minimum Gasteiger partial charge on any atom is -0.436 e. The lowest BCUT2D eigenvalue weighted by Gasteiger charge is -2.06. The predicted octanol–water partition coefficient (Wildman–Crippen LogP) is 3.39. The van der Waals surface area contributed by atoms with Crippen molar-refractivity contribution < 1.29 is 13.5 Å². The molecular weight excluding hydrogens is 250 g/mol. The lowest BCUT2D eigenvalue weighted by molar-refractivity contribution is 0.418. The Kier molecular flexibility index (Phi) is 3.10. The van der Waals surface area contributed by atoms with Gasteiger partial charge in [-0.25, -0.2) is 8.78 Å². The Morgan fingerprint density at radius 3 is 2.65 bits per heavy atom. The zero-order valence-electron chi connectivity index (χ0n) is 8.45. The van der Waals surface area contributed by atoms with Crippen LogP contribution in [0.5, 0.6) is 11.6 Å². The van der Waals surface area contributed by atoms with E-state index >= 15 is 0 Å². The van der Waals surface area contributed by atoms with Crippen LogP contribution in [0.1, 0.15) is 0 Å². The van der Waals surface area contributed by atoms with E-state index < -0.39 is 23.3 Å². The van der Waals surface area contributed by atoms with Crippen LogP contribution in [-0.2, 0) is 0 Å². The molecule has 2 rings (SSSR count). The average molecular weight is 257 g/mol. The van der Waals surface area contributed by atoms with Gasteiger partial charge in [-0.3, -0.25) is 0 Å². The van der Waals surface area contributed by atoms with Crippen LogP contribution in [0.25, 0.3) is 0 Å². The van der Waals surface area contributed by atoms with Gasteiger partial charge < -0.3 is 10.5 Å². The monoisotopic (exact) mass is 256 g/mol. The summed E-state index contributed by atoms with van der Waals surface area (Å²) in [5.41, 5.74) is 5.21. The largest absolute Gasteiger partial charge is 0.436 e.